The van der Waals surface area contributed by atoms with E-state index in [1.54, 1.807) is 12.0 Å². The lowest BCUT2D eigenvalue weighted by Gasteiger charge is -2.33. The molecular weight excluding hydrogens is 282 g/mol. The molecule has 2 unspecified atom stereocenters. The van der Waals surface area contributed by atoms with E-state index in [-0.39, 0.29) is 24.5 Å². The maximum absolute atomic E-state index is 12.1. The van der Waals surface area contributed by atoms with Gasteiger partial charge in [0, 0.05) is 33.2 Å². The Morgan fingerprint density at radius 2 is 2.25 bits per heavy atom. The van der Waals surface area contributed by atoms with Crippen LogP contribution in [0.3, 0.4) is 0 Å². The zero-order valence-electron chi connectivity index (χ0n) is 12.2. The summed E-state index contributed by atoms with van der Waals surface area (Å²) in [6.07, 6.45) is 3.03. The lowest BCUT2D eigenvalue weighted by Crippen LogP contribution is -2.44. The van der Waals surface area contributed by atoms with Crippen LogP contribution in [0.25, 0.3) is 0 Å². The SMILES string of the molecule is COC(C)CCC(=O)N1CCCC(CNS(N)(=O)=O)C1. The average molecular weight is 307 g/mol. The van der Waals surface area contributed by atoms with Crippen molar-refractivity contribution >= 4 is 16.1 Å². The van der Waals surface area contributed by atoms with Crippen LogP contribution in [0.1, 0.15) is 32.6 Å². The Kier molecular flexibility index (Phi) is 6.87. The Morgan fingerprint density at radius 1 is 1.55 bits per heavy atom. The van der Waals surface area contributed by atoms with Gasteiger partial charge in [0.2, 0.25) is 5.91 Å². The molecular formula is C12H25N3O4S. The monoisotopic (exact) mass is 307 g/mol. The van der Waals surface area contributed by atoms with Crippen molar-refractivity contribution in [3.63, 3.8) is 0 Å². The topological polar surface area (TPSA) is 102 Å². The third kappa shape index (κ3) is 6.65. The quantitative estimate of drug-likeness (QED) is 0.682. The maximum Gasteiger partial charge on any atom is 0.274 e. The largest absolute Gasteiger partial charge is 0.382 e. The van der Waals surface area contributed by atoms with E-state index in [1.165, 1.54) is 0 Å². The van der Waals surface area contributed by atoms with Gasteiger partial charge < -0.3 is 9.64 Å². The third-order valence-corrected chi connectivity index (χ3v) is 4.18. The fourth-order valence-corrected chi connectivity index (χ4v) is 2.76. The molecule has 20 heavy (non-hydrogen) atoms. The molecule has 1 heterocycles. The van der Waals surface area contributed by atoms with Crippen molar-refractivity contribution in [2.24, 2.45) is 11.1 Å². The van der Waals surface area contributed by atoms with Crippen LogP contribution in [0, 0.1) is 5.92 Å². The van der Waals surface area contributed by atoms with Crippen molar-refractivity contribution in [3.05, 3.63) is 0 Å². The Bertz CT molecular complexity index is 413. The van der Waals surface area contributed by atoms with Gasteiger partial charge in [-0.25, -0.2) is 9.86 Å². The van der Waals surface area contributed by atoms with Crippen LogP contribution in [0.2, 0.25) is 0 Å². The van der Waals surface area contributed by atoms with Crippen molar-refractivity contribution in [2.75, 3.05) is 26.7 Å². The average Bonchev–Trinajstić information content (AvgIpc) is 2.41. The molecule has 3 N–H and O–H groups in total. The lowest BCUT2D eigenvalue weighted by molar-refractivity contribution is -0.133. The van der Waals surface area contributed by atoms with Gasteiger partial charge in [0.05, 0.1) is 6.10 Å². The van der Waals surface area contributed by atoms with Gasteiger partial charge in [-0.3, -0.25) is 4.79 Å². The van der Waals surface area contributed by atoms with E-state index in [0.717, 1.165) is 19.4 Å². The lowest BCUT2D eigenvalue weighted by atomic mass is 9.98. The molecule has 1 aliphatic rings. The van der Waals surface area contributed by atoms with Crippen LogP contribution in [0.15, 0.2) is 0 Å². The molecule has 1 amide bonds. The summed E-state index contributed by atoms with van der Waals surface area (Å²) in [5, 5.41) is 4.91. The number of nitrogens with one attached hydrogen (secondary N) is 1. The number of nitrogens with two attached hydrogens (primary N) is 1. The fourth-order valence-electron chi connectivity index (χ4n) is 2.29. The number of nitrogens with zero attached hydrogens (tertiary/aromatic N) is 1. The van der Waals surface area contributed by atoms with E-state index in [2.05, 4.69) is 4.72 Å². The molecule has 0 aliphatic carbocycles. The number of methoxy groups -OCH3 is 1. The van der Waals surface area contributed by atoms with Gasteiger partial charge in [0.25, 0.3) is 10.2 Å². The van der Waals surface area contributed by atoms with Crippen LogP contribution >= 0.6 is 0 Å². The number of hydrogen-bond acceptors (Lipinski definition) is 4. The smallest absolute Gasteiger partial charge is 0.274 e. The predicted octanol–water partition coefficient (Wildman–Crippen LogP) is -0.167. The number of piperidine rings is 1. The predicted molar refractivity (Wildman–Crippen MR) is 76.1 cm³/mol. The van der Waals surface area contributed by atoms with Crippen molar-refractivity contribution < 1.29 is 17.9 Å². The summed E-state index contributed by atoms with van der Waals surface area (Å²) in [6, 6.07) is 0. The van der Waals surface area contributed by atoms with Gasteiger partial charge in [0.15, 0.2) is 0 Å². The summed E-state index contributed by atoms with van der Waals surface area (Å²) in [6.45, 7) is 3.55. The first-order valence-corrected chi connectivity index (χ1v) is 8.44. The van der Waals surface area contributed by atoms with Gasteiger partial charge in [-0.15, -0.1) is 0 Å². The van der Waals surface area contributed by atoms with E-state index in [1.807, 2.05) is 6.92 Å². The van der Waals surface area contributed by atoms with Crippen molar-refractivity contribution in [1.29, 1.82) is 0 Å². The van der Waals surface area contributed by atoms with Gasteiger partial charge in [-0.1, -0.05) is 0 Å². The summed E-state index contributed by atoms with van der Waals surface area (Å²) in [5.41, 5.74) is 0. The molecule has 1 aliphatic heterocycles. The summed E-state index contributed by atoms with van der Waals surface area (Å²) in [4.78, 5) is 13.9. The van der Waals surface area contributed by atoms with Gasteiger partial charge in [-0.2, -0.15) is 8.42 Å². The second-order valence-electron chi connectivity index (χ2n) is 5.33. The van der Waals surface area contributed by atoms with Crippen LogP contribution in [-0.4, -0.2) is 52.1 Å². The minimum atomic E-state index is -3.66. The van der Waals surface area contributed by atoms with Gasteiger partial charge in [-0.05, 0) is 32.1 Å². The second-order valence-corrected chi connectivity index (χ2v) is 6.71. The maximum atomic E-state index is 12.1. The number of carbonyl (C=O) groups is 1. The summed E-state index contributed by atoms with van der Waals surface area (Å²) >= 11 is 0. The number of amides is 1. The van der Waals surface area contributed by atoms with E-state index >= 15 is 0 Å². The first kappa shape index (κ1) is 17.4. The first-order valence-electron chi connectivity index (χ1n) is 6.89. The van der Waals surface area contributed by atoms with Crippen LogP contribution in [0.5, 0.6) is 0 Å². The Morgan fingerprint density at radius 3 is 2.85 bits per heavy atom. The number of rotatable bonds is 7. The highest BCUT2D eigenvalue weighted by atomic mass is 32.2. The molecule has 1 fully saturated rings. The highest BCUT2D eigenvalue weighted by Crippen LogP contribution is 2.17. The van der Waals surface area contributed by atoms with Gasteiger partial charge >= 0.3 is 0 Å². The Balaban J connectivity index is 2.38. The van der Waals surface area contributed by atoms with E-state index in [0.29, 0.717) is 19.4 Å². The molecule has 1 saturated heterocycles. The second kappa shape index (κ2) is 7.92. The van der Waals surface area contributed by atoms with Gasteiger partial charge in [0.1, 0.15) is 0 Å². The normalized spacial score (nSPS) is 21.8. The molecule has 0 radical (unpaired) electrons. The zero-order valence-corrected chi connectivity index (χ0v) is 13.0. The third-order valence-electron chi connectivity index (χ3n) is 3.61. The Labute approximate surface area is 121 Å². The van der Waals surface area contributed by atoms with Crippen LogP contribution < -0.4 is 9.86 Å². The number of hydrogen-bond donors (Lipinski definition) is 2. The van der Waals surface area contributed by atoms with Crippen LogP contribution in [-0.2, 0) is 19.7 Å². The molecule has 1 rings (SSSR count). The summed E-state index contributed by atoms with van der Waals surface area (Å²) < 4.78 is 29.2. The molecule has 0 saturated carbocycles. The highest BCUT2D eigenvalue weighted by molar-refractivity contribution is 7.87. The molecule has 8 heteroatoms. The summed E-state index contributed by atoms with van der Waals surface area (Å²) in [5.74, 6) is 0.236. The molecule has 7 nitrogen and oxygen atoms in total. The molecule has 0 aromatic heterocycles. The Hall–Kier alpha value is -0.700. The number of carbonyl (C=O) groups excluding carboxylic acids is 1. The number of ether oxygens (including phenoxy) is 1. The molecule has 2 atom stereocenters. The van der Waals surface area contributed by atoms with Crippen molar-refractivity contribution in [1.82, 2.24) is 9.62 Å². The van der Waals surface area contributed by atoms with Crippen LogP contribution in [0.4, 0.5) is 0 Å². The standard InChI is InChI=1S/C12H25N3O4S/c1-10(19-2)5-6-12(16)15-7-3-4-11(9-15)8-14-20(13,17)18/h10-11,14H,3-9H2,1-2H3,(H2,13,17,18). The minimum absolute atomic E-state index is 0.0728. The van der Waals surface area contributed by atoms with E-state index in [4.69, 9.17) is 9.88 Å². The molecule has 0 aromatic rings. The van der Waals surface area contributed by atoms with E-state index < -0.39 is 10.2 Å². The minimum Gasteiger partial charge on any atom is -0.382 e. The summed E-state index contributed by atoms with van der Waals surface area (Å²) in [7, 11) is -2.03. The fraction of sp³-hybridized carbons (Fsp3) is 0.917. The molecule has 0 spiro atoms. The first-order chi connectivity index (χ1) is 9.31. The molecule has 0 bridgehead atoms. The van der Waals surface area contributed by atoms with Crippen molar-refractivity contribution in [3.8, 4) is 0 Å². The number of likely N-dealkylation sites (tertiary alicyclic amines) is 1. The zero-order chi connectivity index (χ0) is 15.2. The molecule has 118 valence electrons. The van der Waals surface area contributed by atoms with E-state index in [9.17, 15) is 13.2 Å². The molecule has 0 aromatic carbocycles. The highest BCUT2D eigenvalue weighted by Gasteiger charge is 2.24. The van der Waals surface area contributed by atoms with Crippen molar-refractivity contribution in [2.45, 2.75) is 38.7 Å².